The van der Waals surface area contributed by atoms with Gasteiger partial charge in [0.1, 0.15) is 0 Å². The third-order valence-electron chi connectivity index (χ3n) is 1.78. The SMILES string of the molecule is COCC(C)NCC(C(=O)O)C(F)(F)F. The van der Waals surface area contributed by atoms with Crippen LogP contribution in [0, 0.1) is 5.92 Å². The van der Waals surface area contributed by atoms with E-state index < -0.39 is 24.6 Å². The number of hydrogen-bond acceptors (Lipinski definition) is 3. The standard InChI is InChI=1S/C8H14F3NO3/c1-5(4-15-2)12-3-6(7(13)14)8(9,10)11/h5-6,12H,3-4H2,1-2H3,(H,13,14). The highest BCUT2D eigenvalue weighted by molar-refractivity contribution is 5.71. The zero-order valence-corrected chi connectivity index (χ0v) is 8.47. The summed E-state index contributed by atoms with van der Waals surface area (Å²) in [5.74, 6) is -4.25. The second-order valence-corrected chi connectivity index (χ2v) is 3.20. The number of nitrogens with one attached hydrogen (secondary N) is 1. The lowest BCUT2D eigenvalue weighted by atomic mass is 10.1. The number of carbonyl (C=O) groups is 1. The van der Waals surface area contributed by atoms with Gasteiger partial charge >= 0.3 is 12.1 Å². The van der Waals surface area contributed by atoms with Crippen LogP contribution in [0.2, 0.25) is 0 Å². The van der Waals surface area contributed by atoms with E-state index in [0.717, 1.165) is 0 Å². The first-order valence-corrected chi connectivity index (χ1v) is 4.31. The van der Waals surface area contributed by atoms with Crippen molar-refractivity contribution < 1.29 is 27.8 Å². The van der Waals surface area contributed by atoms with Crippen molar-refractivity contribution >= 4 is 5.97 Å². The van der Waals surface area contributed by atoms with Crippen LogP contribution in [0.25, 0.3) is 0 Å². The maximum atomic E-state index is 12.2. The third kappa shape index (κ3) is 5.58. The fraction of sp³-hybridized carbons (Fsp3) is 0.875. The summed E-state index contributed by atoms with van der Waals surface area (Å²) in [4.78, 5) is 10.3. The van der Waals surface area contributed by atoms with Crippen LogP contribution in [0.4, 0.5) is 13.2 Å². The van der Waals surface area contributed by atoms with Crippen molar-refractivity contribution in [1.29, 1.82) is 0 Å². The maximum absolute atomic E-state index is 12.2. The summed E-state index contributed by atoms with van der Waals surface area (Å²) >= 11 is 0. The van der Waals surface area contributed by atoms with E-state index in [2.05, 4.69) is 5.32 Å². The molecule has 4 nitrogen and oxygen atoms in total. The van der Waals surface area contributed by atoms with E-state index in [-0.39, 0.29) is 12.6 Å². The molecule has 7 heteroatoms. The Labute approximate surface area is 85.4 Å². The lowest BCUT2D eigenvalue weighted by Gasteiger charge is -2.19. The first-order chi connectivity index (χ1) is 6.79. The number of hydrogen-bond donors (Lipinski definition) is 2. The van der Waals surface area contributed by atoms with Gasteiger partial charge in [-0.25, -0.2) is 0 Å². The molecule has 0 fully saturated rings. The third-order valence-corrected chi connectivity index (χ3v) is 1.78. The van der Waals surface area contributed by atoms with Crippen molar-refractivity contribution in [2.24, 2.45) is 5.92 Å². The molecular formula is C8H14F3NO3. The summed E-state index contributed by atoms with van der Waals surface area (Å²) in [7, 11) is 1.41. The number of methoxy groups -OCH3 is 1. The number of carboxylic acid groups (broad SMARTS) is 1. The zero-order chi connectivity index (χ0) is 12.1. The van der Waals surface area contributed by atoms with E-state index in [1.807, 2.05) is 0 Å². The van der Waals surface area contributed by atoms with E-state index in [0.29, 0.717) is 0 Å². The van der Waals surface area contributed by atoms with Crippen molar-refractivity contribution in [3.63, 3.8) is 0 Å². The largest absolute Gasteiger partial charge is 0.481 e. The Morgan fingerprint density at radius 3 is 2.40 bits per heavy atom. The van der Waals surface area contributed by atoms with Gasteiger partial charge in [-0.1, -0.05) is 0 Å². The Hall–Kier alpha value is -0.820. The van der Waals surface area contributed by atoms with Crippen LogP contribution >= 0.6 is 0 Å². The molecular weight excluding hydrogens is 215 g/mol. The molecule has 15 heavy (non-hydrogen) atoms. The van der Waals surface area contributed by atoms with Crippen LogP contribution in [-0.4, -0.2) is 43.6 Å². The van der Waals surface area contributed by atoms with Crippen LogP contribution in [0.1, 0.15) is 6.92 Å². The van der Waals surface area contributed by atoms with Crippen molar-refractivity contribution in [3.05, 3.63) is 0 Å². The number of aliphatic carboxylic acids is 1. The number of rotatable bonds is 6. The molecule has 0 aliphatic rings. The van der Waals surface area contributed by atoms with Crippen molar-refractivity contribution in [2.75, 3.05) is 20.3 Å². The molecule has 2 atom stereocenters. The van der Waals surface area contributed by atoms with Gasteiger partial charge in [0, 0.05) is 19.7 Å². The molecule has 0 aromatic carbocycles. The first-order valence-electron chi connectivity index (χ1n) is 4.31. The second kappa shape index (κ2) is 5.92. The Morgan fingerprint density at radius 2 is 2.07 bits per heavy atom. The van der Waals surface area contributed by atoms with E-state index in [1.165, 1.54) is 7.11 Å². The molecule has 2 N–H and O–H groups in total. The first kappa shape index (κ1) is 14.2. The molecule has 2 unspecified atom stereocenters. The minimum Gasteiger partial charge on any atom is -0.481 e. The van der Waals surface area contributed by atoms with E-state index >= 15 is 0 Å². The smallest absolute Gasteiger partial charge is 0.403 e. The normalized spacial score (nSPS) is 16.1. The highest BCUT2D eigenvalue weighted by Crippen LogP contribution is 2.25. The van der Waals surface area contributed by atoms with Gasteiger partial charge in [-0.15, -0.1) is 0 Å². The lowest BCUT2D eigenvalue weighted by Crippen LogP contribution is -2.43. The van der Waals surface area contributed by atoms with Crippen LogP contribution in [0.3, 0.4) is 0 Å². The van der Waals surface area contributed by atoms with Gasteiger partial charge in [0.15, 0.2) is 5.92 Å². The fourth-order valence-electron chi connectivity index (χ4n) is 0.971. The fourth-order valence-corrected chi connectivity index (χ4v) is 0.971. The maximum Gasteiger partial charge on any atom is 0.403 e. The van der Waals surface area contributed by atoms with Crippen LogP contribution in [-0.2, 0) is 9.53 Å². The highest BCUT2D eigenvalue weighted by Gasteiger charge is 2.44. The number of halogens is 3. The molecule has 0 amide bonds. The summed E-state index contributed by atoms with van der Waals surface area (Å²) < 4.78 is 41.2. The van der Waals surface area contributed by atoms with Gasteiger partial charge < -0.3 is 15.2 Å². The van der Waals surface area contributed by atoms with Crippen LogP contribution in [0.5, 0.6) is 0 Å². The van der Waals surface area contributed by atoms with Gasteiger partial charge in [0.05, 0.1) is 6.61 Å². The molecule has 0 radical (unpaired) electrons. The van der Waals surface area contributed by atoms with Gasteiger partial charge in [0.2, 0.25) is 0 Å². The molecule has 0 aliphatic heterocycles. The predicted octanol–water partition coefficient (Wildman–Crippen LogP) is 0.874. The van der Waals surface area contributed by atoms with Crippen molar-refractivity contribution in [2.45, 2.75) is 19.1 Å². The summed E-state index contributed by atoms with van der Waals surface area (Å²) in [6, 6.07) is -0.320. The molecule has 0 bridgehead atoms. The minimum absolute atomic E-state index is 0.226. The molecule has 0 aromatic heterocycles. The molecule has 0 rings (SSSR count). The topological polar surface area (TPSA) is 58.6 Å². The summed E-state index contributed by atoms with van der Waals surface area (Å²) in [6.45, 7) is 1.19. The number of carboxylic acids is 1. The van der Waals surface area contributed by atoms with Crippen LogP contribution < -0.4 is 5.32 Å². The Kier molecular flexibility index (Phi) is 5.59. The van der Waals surface area contributed by atoms with Gasteiger partial charge in [-0.05, 0) is 6.92 Å². The average Bonchev–Trinajstić information content (AvgIpc) is 2.01. The monoisotopic (exact) mass is 229 g/mol. The molecule has 90 valence electrons. The predicted molar refractivity (Wildman–Crippen MR) is 46.5 cm³/mol. The Balaban J connectivity index is 4.15. The lowest BCUT2D eigenvalue weighted by molar-refractivity contribution is -0.192. The average molecular weight is 229 g/mol. The molecule has 0 aliphatic carbocycles. The number of alkyl halides is 3. The quantitative estimate of drug-likeness (QED) is 0.709. The van der Waals surface area contributed by atoms with E-state index in [4.69, 9.17) is 9.84 Å². The van der Waals surface area contributed by atoms with Gasteiger partial charge in [-0.3, -0.25) is 4.79 Å². The second-order valence-electron chi connectivity index (χ2n) is 3.20. The van der Waals surface area contributed by atoms with Gasteiger partial charge in [-0.2, -0.15) is 13.2 Å². The Bertz CT molecular complexity index is 208. The van der Waals surface area contributed by atoms with Gasteiger partial charge in [0.25, 0.3) is 0 Å². The summed E-state index contributed by atoms with van der Waals surface area (Å²) in [5.41, 5.74) is 0. The molecule has 0 heterocycles. The van der Waals surface area contributed by atoms with E-state index in [1.54, 1.807) is 6.92 Å². The molecule has 0 aromatic rings. The Morgan fingerprint density at radius 1 is 1.53 bits per heavy atom. The molecule has 0 saturated carbocycles. The molecule has 0 saturated heterocycles. The number of ether oxygens (including phenoxy) is 1. The van der Waals surface area contributed by atoms with Crippen molar-refractivity contribution in [1.82, 2.24) is 5.32 Å². The summed E-state index contributed by atoms with van der Waals surface area (Å²) in [6.07, 6.45) is -4.73. The summed E-state index contributed by atoms with van der Waals surface area (Å²) in [5, 5.41) is 10.8. The van der Waals surface area contributed by atoms with E-state index in [9.17, 15) is 18.0 Å². The van der Waals surface area contributed by atoms with Crippen molar-refractivity contribution in [3.8, 4) is 0 Å². The zero-order valence-electron chi connectivity index (χ0n) is 8.47. The highest BCUT2D eigenvalue weighted by atomic mass is 19.4. The molecule has 0 spiro atoms. The van der Waals surface area contributed by atoms with Crippen LogP contribution in [0.15, 0.2) is 0 Å². The minimum atomic E-state index is -4.73.